The molecule has 0 aromatic heterocycles. The number of aliphatic hydroxyl groups is 1. The van der Waals surface area contributed by atoms with Crippen molar-refractivity contribution in [1.82, 2.24) is 4.90 Å². The smallest absolute Gasteiger partial charge is 0.312 e. The van der Waals surface area contributed by atoms with Crippen LogP contribution in [-0.2, 0) is 23.9 Å². The molecule has 3 heterocycles. The monoisotopic (exact) mass is 530 g/mol. The first-order chi connectivity index (χ1) is 16.3. The lowest BCUT2D eigenvalue weighted by Gasteiger charge is -2.35. The summed E-state index contributed by atoms with van der Waals surface area (Å²) in [5.74, 6) is -2.91. The van der Waals surface area contributed by atoms with E-state index in [1.807, 2.05) is 42.5 Å². The molecule has 0 saturated carbocycles. The molecule has 3 fully saturated rings. The average Bonchev–Trinajstić information content (AvgIpc) is 3.42. The van der Waals surface area contributed by atoms with Gasteiger partial charge in [0.25, 0.3) is 0 Å². The highest BCUT2D eigenvalue weighted by Crippen LogP contribution is 2.60. The first kappa shape index (κ1) is 23.3. The Labute approximate surface area is 205 Å². The van der Waals surface area contributed by atoms with Gasteiger partial charge in [0.2, 0.25) is 11.8 Å². The largest absolute Gasteiger partial charge is 0.466 e. The number of fused-ring (bicyclic) bond motifs is 2. The SMILES string of the molecule is CCOC(=O)[C@H]1[C@@H]2O[C@@]3(CC2Br)[C@@H]1C(=O)N([C@H](C)CO)[C@@H]3C(=O)Nc1ccc2ccccc2c1. The third-order valence-corrected chi connectivity index (χ3v) is 8.14. The number of anilines is 1. The topological polar surface area (TPSA) is 105 Å². The molecule has 1 unspecified atom stereocenters. The van der Waals surface area contributed by atoms with Gasteiger partial charge in [-0.25, -0.2) is 0 Å². The highest BCUT2D eigenvalue weighted by atomic mass is 79.9. The number of carbonyl (C=O) groups is 3. The molecular formula is C25H27BrN2O6. The van der Waals surface area contributed by atoms with Gasteiger partial charge in [0.05, 0.1) is 37.2 Å². The molecule has 5 rings (SSSR count). The van der Waals surface area contributed by atoms with Crippen LogP contribution in [0.4, 0.5) is 5.69 Å². The quantitative estimate of drug-likeness (QED) is 0.439. The molecule has 0 aliphatic carbocycles. The van der Waals surface area contributed by atoms with Crippen molar-refractivity contribution in [2.75, 3.05) is 18.5 Å². The normalized spacial score (nSPS) is 32.6. The molecule has 3 saturated heterocycles. The second-order valence-electron chi connectivity index (χ2n) is 9.24. The van der Waals surface area contributed by atoms with Crippen LogP contribution in [0.1, 0.15) is 20.3 Å². The number of esters is 1. The Kier molecular flexibility index (Phi) is 5.90. The molecule has 3 aliphatic rings. The van der Waals surface area contributed by atoms with E-state index in [-0.39, 0.29) is 23.9 Å². The summed E-state index contributed by atoms with van der Waals surface area (Å²) in [4.78, 5) is 41.5. The molecule has 7 atom stereocenters. The van der Waals surface area contributed by atoms with Gasteiger partial charge in [-0.1, -0.05) is 46.3 Å². The number of nitrogens with zero attached hydrogens (tertiary/aromatic N) is 1. The van der Waals surface area contributed by atoms with Gasteiger partial charge in [-0.3, -0.25) is 14.4 Å². The van der Waals surface area contributed by atoms with E-state index in [9.17, 15) is 19.5 Å². The fourth-order valence-corrected chi connectivity index (χ4v) is 6.86. The van der Waals surface area contributed by atoms with Crippen LogP contribution < -0.4 is 5.32 Å². The number of benzene rings is 2. The average molecular weight is 531 g/mol. The van der Waals surface area contributed by atoms with Crippen molar-refractivity contribution in [3.05, 3.63) is 42.5 Å². The van der Waals surface area contributed by atoms with Crippen LogP contribution in [0.3, 0.4) is 0 Å². The van der Waals surface area contributed by atoms with Gasteiger partial charge in [-0.2, -0.15) is 0 Å². The van der Waals surface area contributed by atoms with Gasteiger partial charge in [0.1, 0.15) is 11.6 Å². The van der Waals surface area contributed by atoms with E-state index in [1.54, 1.807) is 13.8 Å². The number of amides is 2. The van der Waals surface area contributed by atoms with Crippen molar-refractivity contribution in [2.24, 2.45) is 11.8 Å². The van der Waals surface area contributed by atoms with Gasteiger partial charge >= 0.3 is 5.97 Å². The maximum Gasteiger partial charge on any atom is 0.312 e. The van der Waals surface area contributed by atoms with Crippen LogP contribution in [0.2, 0.25) is 0 Å². The number of hydrogen-bond acceptors (Lipinski definition) is 6. The summed E-state index contributed by atoms with van der Waals surface area (Å²) in [6.07, 6.45) is -0.162. The number of halogens is 1. The highest BCUT2D eigenvalue weighted by molar-refractivity contribution is 9.09. The molecule has 1 spiro atoms. The fraction of sp³-hybridized carbons (Fsp3) is 0.480. The molecule has 3 aliphatic heterocycles. The Balaban J connectivity index is 1.53. The van der Waals surface area contributed by atoms with Crippen molar-refractivity contribution >= 4 is 50.2 Å². The second-order valence-corrected chi connectivity index (χ2v) is 10.4. The molecule has 2 amide bonds. The Bertz CT molecular complexity index is 1160. The summed E-state index contributed by atoms with van der Waals surface area (Å²) in [5, 5.41) is 14.9. The predicted molar refractivity (Wildman–Crippen MR) is 128 cm³/mol. The van der Waals surface area contributed by atoms with Crippen LogP contribution in [-0.4, -0.2) is 69.6 Å². The van der Waals surface area contributed by atoms with Gasteiger partial charge in [0, 0.05) is 10.5 Å². The highest BCUT2D eigenvalue weighted by Gasteiger charge is 2.77. The number of rotatable bonds is 6. The van der Waals surface area contributed by atoms with Crippen LogP contribution in [0.5, 0.6) is 0 Å². The Morgan fingerprint density at radius 1 is 1.29 bits per heavy atom. The standard InChI is InChI=1S/C25H27BrN2O6/c1-3-33-24(32)18-19-23(31)28(13(2)12-29)21(25(19)11-17(26)20(18)34-25)22(30)27-16-9-8-14-6-4-5-7-15(14)10-16/h4-10,13,17-21,29H,3,11-12H2,1-2H3,(H,27,30)/t13-,17?,18-,19+,20-,21-,25+/m1/s1. The van der Waals surface area contributed by atoms with Crippen molar-refractivity contribution < 1.29 is 29.0 Å². The van der Waals surface area contributed by atoms with Crippen LogP contribution in [0, 0.1) is 11.8 Å². The van der Waals surface area contributed by atoms with Gasteiger partial charge < -0.3 is 24.8 Å². The number of alkyl halides is 1. The van der Waals surface area contributed by atoms with Crippen LogP contribution in [0.25, 0.3) is 10.8 Å². The Morgan fingerprint density at radius 3 is 2.74 bits per heavy atom. The number of nitrogens with one attached hydrogen (secondary N) is 1. The van der Waals surface area contributed by atoms with E-state index in [4.69, 9.17) is 9.47 Å². The fourth-order valence-electron chi connectivity index (χ4n) is 5.91. The van der Waals surface area contributed by atoms with E-state index < -0.39 is 47.5 Å². The van der Waals surface area contributed by atoms with Crippen LogP contribution in [0.15, 0.2) is 42.5 Å². The molecule has 9 heteroatoms. The van der Waals surface area contributed by atoms with Crippen molar-refractivity contribution in [3.8, 4) is 0 Å². The summed E-state index contributed by atoms with van der Waals surface area (Å²) >= 11 is 3.61. The summed E-state index contributed by atoms with van der Waals surface area (Å²) in [5.41, 5.74) is -0.588. The molecular weight excluding hydrogens is 504 g/mol. The molecule has 2 aromatic carbocycles. The Hall–Kier alpha value is -2.49. The van der Waals surface area contributed by atoms with E-state index in [0.29, 0.717) is 12.1 Å². The molecule has 2 N–H and O–H groups in total. The lowest BCUT2D eigenvalue weighted by atomic mass is 9.70. The van der Waals surface area contributed by atoms with E-state index in [0.717, 1.165) is 10.8 Å². The minimum atomic E-state index is -1.18. The molecule has 2 aromatic rings. The second kappa shape index (κ2) is 8.62. The maximum absolute atomic E-state index is 13.8. The van der Waals surface area contributed by atoms with Crippen LogP contribution >= 0.6 is 15.9 Å². The van der Waals surface area contributed by atoms with E-state index >= 15 is 0 Å². The van der Waals surface area contributed by atoms with Crippen molar-refractivity contribution in [1.29, 1.82) is 0 Å². The zero-order valence-electron chi connectivity index (χ0n) is 18.9. The minimum absolute atomic E-state index is 0.186. The molecule has 2 bridgehead atoms. The minimum Gasteiger partial charge on any atom is -0.466 e. The number of aliphatic hydroxyl groups excluding tert-OH is 1. The summed E-state index contributed by atoms with van der Waals surface area (Å²) in [6, 6.07) is 11.8. The number of ether oxygens (including phenoxy) is 2. The number of carbonyl (C=O) groups excluding carboxylic acids is 3. The van der Waals surface area contributed by atoms with Gasteiger partial charge in [0.15, 0.2) is 0 Å². The summed E-state index contributed by atoms with van der Waals surface area (Å²) in [7, 11) is 0. The predicted octanol–water partition coefficient (Wildman–Crippen LogP) is 2.47. The zero-order valence-corrected chi connectivity index (χ0v) is 20.5. The maximum atomic E-state index is 13.8. The summed E-state index contributed by atoms with van der Waals surface area (Å²) < 4.78 is 11.6. The summed E-state index contributed by atoms with van der Waals surface area (Å²) in [6.45, 7) is 3.26. The molecule has 0 radical (unpaired) electrons. The van der Waals surface area contributed by atoms with Crippen molar-refractivity contribution in [2.45, 2.75) is 48.9 Å². The van der Waals surface area contributed by atoms with Gasteiger partial charge in [-0.15, -0.1) is 0 Å². The third-order valence-electron chi connectivity index (χ3n) is 7.29. The first-order valence-corrected chi connectivity index (χ1v) is 12.4. The molecule has 8 nitrogen and oxygen atoms in total. The molecule has 34 heavy (non-hydrogen) atoms. The molecule has 180 valence electrons. The van der Waals surface area contributed by atoms with E-state index in [2.05, 4.69) is 21.2 Å². The number of hydrogen-bond donors (Lipinski definition) is 2. The third kappa shape index (κ3) is 3.36. The lowest BCUT2D eigenvalue weighted by Crippen LogP contribution is -2.56. The van der Waals surface area contributed by atoms with Crippen molar-refractivity contribution in [3.63, 3.8) is 0 Å². The Morgan fingerprint density at radius 2 is 2.03 bits per heavy atom. The zero-order chi connectivity index (χ0) is 24.2. The number of likely N-dealkylation sites (tertiary alicyclic amines) is 1. The van der Waals surface area contributed by atoms with Gasteiger partial charge in [-0.05, 0) is 43.2 Å². The lowest BCUT2D eigenvalue weighted by molar-refractivity contribution is -0.155. The first-order valence-electron chi connectivity index (χ1n) is 11.5. The van der Waals surface area contributed by atoms with E-state index in [1.165, 1.54) is 4.90 Å².